The summed E-state index contributed by atoms with van der Waals surface area (Å²) in [6, 6.07) is 0. The molecule has 0 bridgehead atoms. The average Bonchev–Trinajstić information content (AvgIpc) is 2.00. The van der Waals surface area contributed by atoms with E-state index in [9.17, 15) is 4.79 Å². The van der Waals surface area contributed by atoms with Crippen LogP contribution in [0.25, 0.3) is 0 Å². The summed E-state index contributed by atoms with van der Waals surface area (Å²) < 4.78 is 0. The lowest BCUT2D eigenvalue weighted by Gasteiger charge is -2.03. The van der Waals surface area contributed by atoms with Gasteiger partial charge in [0, 0.05) is 5.70 Å². The first-order chi connectivity index (χ1) is 5.61. The average molecular weight is 185 g/mol. The number of hydrogen-bond donors (Lipinski definition) is 1. The van der Waals surface area contributed by atoms with Crippen molar-refractivity contribution in [1.82, 2.24) is 0 Å². The van der Waals surface area contributed by atoms with Gasteiger partial charge in [-0.2, -0.15) is 0 Å². The summed E-state index contributed by atoms with van der Waals surface area (Å²) >= 11 is 1.34. The van der Waals surface area contributed by atoms with Crippen LogP contribution in [0.2, 0.25) is 0 Å². The van der Waals surface area contributed by atoms with Gasteiger partial charge in [-0.05, 0) is 18.2 Å². The van der Waals surface area contributed by atoms with E-state index in [2.05, 4.69) is 6.58 Å². The lowest BCUT2D eigenvalue weighted by molar-refractivity contribution is -0.104. The summed E-state index contributed by atoms with van der Waals surface area (Å²) in [5, 5.41) is 0. The van der Waals surface area contributed by atoms with Crippen molar-refractivity contribution >= 4 is 18.0 Å². The maximum absolute atomic E-state index is 10.6. The Labute approximate surface area is 77.9 Å². The number of rotatable bonds is 5. The Morgan fingerprint density at radius 3 is 2.58 bits per heavy atom. The lowest BCUT2D eigenvalue weighted by Crippen LogP contribution is -2.01. The van der Waals surface area contributed by atoms with Crippen molar-refractivity contribution in [2.75, 3.05) is 0 Å². The number of aldehydes is 1. The van der Waals surface area contributed by atoms with Crippen LogP contribution in [0.3, 0.4) is 0 Å². The molecule has 0 aromatic rings. The molecule has 0 aliphatic heterocycles. The highest BCUT2D eigenvalue weighted by Gasteiger charge is 2.02. The first kappa shape index (κ1) is 11.3. The maximum Gasteiger partial charge on any atom is 0.158 e. The molecular weight excluding hydrogens is 170 g/mol. The standard InChI is InChI=1S/C9H15NOS/c1-4-5-8(10)9(6-11)12-7(2)3/h6H,2,4-5,10H2,1,3H3/b9-8+. The van der Waals surface area contributed by atoms with Crippen LogP contribution >= 0.6 is 11.8 Å². The summed E-state index contributed by atoms with van der Waals surface area (Å²) in [5.41, 5.74) is 6.34. The van der Waals surface area contributed by atoms with E-state index in [1.54, 1.807) is 0 Å². The molecule has 0 unspecified atom stereocenters. The zero-order valence-corrected chi connectivity index (χ0v) is 8.41. The smallest absolute Gasteiger partial charge is 0.158 e. The second-order valence-electron chi connectivity index (χ2n) is 2.56. The zero-order valence-electron chi connectivity index (χ0n) is 7.59. The number of hydrogen-bond acceptors (Lipinski definition) is 3. The molecule has 0 aromatic carbocycles. The van der Waals surface area contributed by atoms with Gasteiger partial charge in [0.15, 0.2) is 6.29 Å². The molecule has 68 valence electrons. The largest absolute Gasteiger partial charge is 0.401 e. The van der Waals surface area contributed by atoms with E-state index < -0.39 is 0 Å². The fourth-order valence-corrected chi connectivity index (χ4v) is 1.40. The Bertz CT molecular complexity index is 209. The van der Waals surface area contributed by atoms with Gasteiger partial charge in [-0.15, -0.1) is 0 Å². The van der Waals surface area contributed by atoms with Gasteiger partial charge in [0.2, 0.25) is 0 Å². The van der Waals surface area contributed by atoms with Crippen molar-refractivity contribution in [2.45, 2.75) is 26.7 Å². The van der Waals surface area contributed by atoms with E-state index in [-0.39, 0.29) is 0 Å². The van der Waals surface area contributed by atoms with E-state index in [1.165, 1.54) is 11.8 Å². The highest BCUT2D eigenvalue weighted by molar-refractivity contribution is 8.07. The molecule has 0 saturated heterocycles. The summed E-state index contributed by atoms with van der Waals surface area (Å²) in [7, 11) is 0. The third kappa shape index (κ3) is 4.23. The molecule has 2 nitrogen and oxygen atoms in total. The SMILES string of the molecule is C=C(C)S/C(C=O)=C(/N)CCC. The van der Waals surface area contributed by atoms with Gasteiger partial charge in [0.1, 0.15) is 0 Å². The van der Waals surface area contributed by atoms with Crippen LogP contribution < -0.4 is 5.73 Å². The van der Waals surface area contributed by atoms with E-state index in [4.69, 9.17) is 5.73 Å². The second-order valence-corrected chi connectivity index (χ2v) is 3.90. The Morgan fingerprint density at radius 2 is 2.25 bits per heavy atom. The molecule has 0 aliphatic carbocycles. The molecule has 3 heteroatoms. The van der Waals surface area contributed by atoms with Gasteiger partial charge < -0.3 is 5.73 Å². The molecule has 0 atom stereocenters. The maximum atomic E-state index is 10.6. The topological polar surface area (TPSA) is 43.1 Å². The third-order valence-corrected chi connectivity index (χ3v) is 2.15. The third-order valence-electron chi connectivity index (χ3n) is 1.23. The van der Waals surface area contributed by atoms with Crippen molar-refractivity contribution in [3.05, 3.63) is 22.1 Å². The molecule has 0 fully saturated rings. The van der Waals surface area contributed by atoms with Crippen molar-refractivity contribution in [3.63, 3.8) is 0 Å². The van der Waals surface area contributed by atoms with Crippen molar-refractivity contribution in [1.29, 1.82) is 0 Å². The Morgan fingerprint density at radius 1 is 1.67 bits per heavy atom. The fourth-order valence-electron chi connectivity index (χ4n) is 0.746. The number of thioether (sulfide) groups is 1. The van der Waals surface area contributed by atoms with Crippen LogP contribution in [0.1, 0.15) is 26.7 Å². The monoisotopic (exact) mass is 185 g/mol. The molecule has 0 spiro atoms. The molecule has 0 rings (SSSR count). The van der Waals surface area contributed by atoms with Gasteiger partial charge in [-0.1, -0.05) is 31.7 Å². The first-order valence-electron chi connectivity index (χ1n) is 3.89. The minimum atomic E-state index is 0.601. The predicted octanol–water partition coefficient (Wildman–Crippen LogP) is 2.42. The molecule has 2 N–H and O–H groups in total. The molecule has 0 radical (unpaired) electrons. The number of allylic oxidation sites excluding steroid dienone is 3. The summed E-state index contributed by atoms with van der Waals surface area (Å²) in [5.74, 6) is 0. The van der Waals surface area contributed by atoms with Crippen LogP contribution in [0.4, 0.5) is 0 Å². The van der Waals surface area contributed by atoms with Crippen LogP contribution in [-0.4, -0.2) is 6.29 Å². The summed E-state index contributed by atoms with van der Waals surface area (Å²) in [6.07, 6.45) is 2.53. The Balaban J connectivity index is 4.38. The zero-order chi connectivity index (χ0) is 9.56. The highest BCUT2D eigenvalue weighted by Crippen LogP contribution is 2.24. The van der Waals surface area contributed by atoms with Crippen LogP contribution in [0.15, 0.2) is 22.1 Å². The minimum absolute atomic E-state index is 0.601. The highest BCUT2D eigenvalue weighted by atomic mass is 32.2. The van der Waals surface area contributed by atoms with Crippen molar-refractivity contribution in [2.24, 2.45) is 5.73 Å². The van der Waals surface area contributed by atoms with Crippen molar-refractivity contribution in [3.8, 4) is 0 Å². The van der Waals surface area contributed by atoms with Gasteiger partial charge in [-0.3, -0.25) is 4.79 Å². The van der Waals surface area contributed by atoms with Crippen LogP contribution in [0.5, 0.6) is 0 Å². The molecule has 0 aromatic heterocycles. The molecule has 0 amide bonds. The van der Waals surface area contributed by atoms with E-state index in [0.29, 0.717) is 10.6 Å². The van der Waals surface area contributed by atoms with Gasteiger partial charge in [-0.25, -0.2) is 0 Å². The van der Waals surface area contributed by atoms with Gasteiger partial charge in [0.05, 0.1) is 4.91 Å². The molecule has 0 aliphatic rings. The number of nitrogens with two attached hydrogens (primary N) is 1. The molecule has 12 heavy (non-hydrogen) atoms. The van der Waals surface area contributed by atoms with E-state index in [1.807, 2.05) is 13.8 Å². The van der Waals surface area contributed by atoms with E-state index >= 15 is 0 Å². The number of carbonyl (C=O) groups excluding carboxylic acids is 1. The fraction of sp³-hybridized carbons (Fsp3) is 0.444. The van der Waals surface area contributed by atoms with Gasteiger partial charge >= 0.3 is 0 Å². The molecular formula is C9H15NOS. The van der Waals surface area contributed by atoms with Gasteiger partial charge in [0.25, 0.3) is 0 Å². The quantitative estimate of drug-likeness (QED) is 0.528. The normalized spacial score (nSPS) is 12.2. The van der Waals surface area contributed by atoms with E-state index in [0.717, 1.165) is 24.0 Å². The molecule has 0 saturated carbocycles. The van der Waals surface area contributed by atoms with Crippen molar-refractivity contribution < 1.29 is 4.79 Å². The summed E-state index contributed by atoms with van der Waals surface area (Å²) in [4.78, 5) is 12.0. The Kier molecular flexibility index (Phi) is 5.54. The molecule has 0 heterocycles. The minimum Gasteiger partial charge on any atom is -0.401 e. The predicted molar refractivity (Wildman–Crippen MR) is 54.6 cm³/mol. The lowest BCUT2D eigenvalue weighted by atomic mass is 10.2. The second kappa shape index (κ2) is 5.89. The van der Waals surface area contributed by atoms with Crippen LogP contribution in [-0.2, 0) is 4.79 Å². The number of carbonyl (C=O) groups is 1. The Hall–Kier alpha value is -0.700. The summed E-state index contributed by atoms with van der Waals surface area (Å²) in [6.45, 7) is 7.58. The van der Waals surface area contributed by atoms with Crippen LogP contribution in [0, 0.1) is 0 Å². The first-order valence-corrected chi connectivity index (χ1v) is 4.70.